The number of carbonyl (C=O) groups excluding carboxylic acids is 1. The van der Waals surface area contributed by atoms with Gasteiger partial charge in [0.25, 0.3) is 0 Å². The van der Waals surface area contributed by atoms with Crippen LogP contribution in [0.5, 0.6) is 0 Å². The van der Waals surface area contributed by atoms with Crippen LogP contribution in [0.3, 0.4) is 0 Å². The number of ether oxygens (including phenoxy) is 6. The molecular weight excluding hydrogens is 1070 g/mol. The molecule has 0 aromatic rings. The highest BCUT2D eigenvalue weighted by atomic mass is 16.8. The fraction of sp³-hybridized carbons (Fsp3) is 0.859. The molecule has 3 rings (SSSR count). The van der Waals surface area contributed by atoms with E-state index in [1.165, 1.54) is 116 Å². The maximum atomic E-state index is 13.3. The lowest BCUT2D eigenvalue weighted by Crippen LogP contribution is -2.66. The number of allylic oxidation sites excluding steroid dienone is 7. The Morgan fingerprint density at radius 3 is 1.30 bits per heavy atom. The smallest absolute Gasteiger partial charge is 0.220 e. The molecule has 1 amide bonds. The van der Waals surface area contributed by atoms with Crippen molar-refractivity contribution >= 4 is 5.91 Å². The third kappa shape index (κ3) is 30.0. The molecular formula is C64H115NO18. The van der Waals surface area contributed by atoms with E-state index >= 15 is 0 Å². The van der Waals surface area contributed by atoms with Gasteiger partial charge in [0.1, 0.15) is 73.2 Å². The van der Waals surface area contributed by atoms with Crippen LogP contribution in [0.4, 0.5) is 0 Å². The first-order valence-electron chi connectivity index (χ1n) is 32.4. The van der Waals surface area contributed by atoms with Crippen molar-refractivity contribution < 1.29 is 89.4 Å². The fourth-order valence-corrected chi connectivity index (χ4v) is 10.9. The van der Waals surface area contributed by atoms with Crippen LogP contribution >= 0.6 is 0 Å². The van der Waals surface area contributed by atoms with Gasteiger partial charge in [-0.3, -0.25) is 4.79 Å². The Balaban J connectivity index is 1.47. The monoisotopic (exact) mass is 1190 g/mol. The van der Waals surface area contributed by atoms with Crippen LogP contribution in [0.1, 0.15) is 219 Å². The van der Waals surface area contributed by atoms with Gasteiger partial charge < -0.3 is 89.9 Å². The summed E-state index contributed by atoms with van der Waals surface area (Å²) in [5.74, 6) is -0.293. The first-order valence-corrected chi connectivity index (χ1v) is 32.4. The van der Waals surface area contributed by atoms with Crippen LogP contribution in [0.2, 0.25) is 0 Å². The largest absolute Gasteiger partial charge is 0.394 e. The van der Waals surface area contributed by atoms with Crippen molar-refractivity contribution in [2.45, 2.75) is 324 Å². The minimum absolute atomic E-state index is 0.223. The Labute approximate surface area is 497 Å². The molecule has 0 bridgehead atoms. The summed E-state index contributed by atoms with van der Waals surface area (Å²) in [6.07, 6.45) is 26.6. The highest BCUT2D eigenvalue weighted by molar-refractivity contribution is 5.76. The van der Waals surface area contributed by atoms with Crippen LogP contribution in [-0.4, -0.2) is 193 Å². The van der Waals surface area contributed by atoms with Crippen molar-refractivity contribution in [2.75, 3.05) is 26.4 Å². The maximum Gasteiger partial charge on any atom is 0.220 e. The molecule has 0 radical (unpaired) electrons. The van der Waals surface area contributed by atoms with E-state index in [0.29, 0.717) is 6.42 Å². The van der Waals surface area contributed by atoms with Gasteiger partial charge in [-0.1, -0.05) is 210 Å². The highest BCUT2D eigenvalue weighted by Gasteiger charge is 2.53. The molecule has 19 heteroatoms. The molecule has 0 saturated carbocycles. The van der Waals surface area contributed by atoms with Crippen molar-refractivity contribution in [3.05, 3.63) is 48.6 Å². The van der Waals surface area contributed by atoms with E-state index in [4.69, 9.17) is 28.4 Å². The van der Waals surface area contributed by atoms with E-state index in [1.807, 2.05) is 6.08 Å². The minimum atomic E-state index is -1.98. The van der Waals surface area contributed by atoms with Gasteiger partial charge in [-0.25, -0.2) is 0 Å². The third-order valence-corrected chi connectivity index (χ3v) is 16.1. The van der Waals surface area contributed by atoms with Gasteiger partial charge in [0.2, 0.25) is 5.91 Å². The molecule has 83 heavy (non-hydrogen) atoms. The van der Waals surface area contributed by atoms with Crippen LogP contribution in [-0.2, 0) is 33.2 Å². The zero-order valence-electron chi connectivity index (χ0n) is 50.7. The number of aliphatic hydroxyl groups is 11. The summed E-state index contributed by atoms with van der Waals surface area (Å²) in [5, 5.41) is 120. The molecule has 17 unspecified atom stereocenters. The molecule has 0 aromatic heterocycles. The number of rotatable bonds is 48. The van der Waals surface area contributed by atoms with Crippen LogP contribution in [0.25, 0.3) is 0 Å². The van der Waals surface area contributed by atoms with Crippen molar-refractivity contribution in [1.29, 1.82) is 0 Å². The lowest BCUT2D eigenvalue weighted by Gasteiger charge is -2.48. The van der Waals surface area contributed by atoms with Gasteiger partial charge in [-0.2, -0.15) is 0 Å². The number of aliphatic hydroxyl groups excluding tert-OH is 11. The molecule has 0 spiro atoms. The molecule has 3 saturated heterocycles. The summed E-state index contributed by atoms with van der Waals surface area (Å²) in [6.45, 7) is 1.61. The van der Waals surface area contributed by atoms with E-state index in [-0.39, 0.29) is 18.9 Å². The minimum Gasteiger partial charge on any atom is -0.394 e. The van der Waals surface area contributed by atoms with Gasteiger partial charge >= 0.3 is 0 Å². The maximum absolute atomic E-state index is 13.3. The number of carbonyl (C=O) groups is 1. The molecule has 19 nitrogen and oxygen atoms in total. The lowest BCUT2D eigenvalue weighted by atomic mass is 9.96. The second kappa shape index (κ2) is 46.8. The number of hydrogen-bond acceptors (Lipinski definition) is 18. The summed E-state index contributed by atoms with van der Waals surface area (Å²) in [6, 6.07) is -0.983. The van der Waals surface area contributed by atoms with E-state index in [9.17, 15) is 61.0 Å². The Hall–Kier alpha value is -2.25. The van der Waals surface area contributed by atoms with Gasteiger partial charge in [0.05, 0.1) is 38.6 Å². The lowest BCUT2D eigenvalue weighted by molar-refractivity contribution is -0.379. The zero-order valence-corrected chi connectivity index (χ0v) is 50.7. The predicted molar refractivity (Wildman–Crippen MR) is 319 cm³/mol. The SMILES string of the molecule is CC/C=C\C/C=C\C/C=C\CCCCCCCC(=O)NC(COC1OC(CO)C(OC2OC(CO)C(OC3OC(CO)C(O)C(O)C3O)C(O)C2O)C(O)C1O)C(O)/C=C/CCCCCCCCCCCCCCCCCCCCCCC. The first-order chi connectivity index (χ1) is 40.3. The first kappa shape index (κ1) is 75.0. The summed E-state index contributed by atoms with van der Waals surface area (Å²) in [7, 11) is 0. The predicted octanol–water partition coefficient (Wildman–Crippen LogP) is 7.04. The van der Waals surface area contributed by atoms with Gasteiger partial charge in [-0.05, 0) is 51.4 Å². The Kier molecular flexibility index (Phi) is 42.3. The number of amides is 1. The third-order valence-electron chi connectivity index (χ3n) is 16.1. The quantitative estimate of drug-likeness (QED) is 0.0215. The van der Waals surface area contributed by atoms with E-state index in [1.54, 1.807) is 6.08 Å². The van der Waals surface area contributed by atoms with Crippen molar-refractivity contribution in [3.8, 4) is 0 Å². The topological polar surface area (TPSA) is 307 Å². The van der Waals surface area contributed by atoms with E-state index in [0.717, 1.165) is 77.0 Å². The molecule has 0 aliphatic carbocycles. The van der Waals surface area contributed by atoms with Crippen LogP contribution in [0.15, 0.2) is 48.6 Å². The summed E-state index contributed by atoms with van der Waals surface area (Å²) in [5.41, 5.74) is 0. The fourth-order valence-electron chi connectivity index (χ4n) is 10.9. The molecule has 0 aromatic carbocycles. The number of hydrogen-bond donors (Lipinski definition) is 12. The second-order valence-corrected chi connectivity index (χ2v) is 23.2. The molecule has 3 aliphatic rings. The van der Waals surface area contributed by atoms with Gasteiger partial charge in [-0.15, -0.1) is 0 Å². The summed E-state index contributed by atoms with van der Waals surface area (Å²) in [4.78, 5) is 13.3. The molecule has 3 aliphatic heterocycles. The Morgan fingerprint density at radius 2 is 0.831 bits per heavy atom. The van der Waals surface area contributed by atoms with Gasteiger partial charge in [0, 0.05) is 6.42 Å². The summed E-state index contributed by atoms with van der Waals surface area (Å²) < 4.78 is 34.3. The van der Waals surface area contributed by atoms with Crippen molar-refractivity contribution in [3.63, 3.8) is 0 Å². The normalized spacial score (nSPS) is 29.7. The Morgan fingerprint density at radius 1 is 0.446 bits per heavy atom. The Bertz CT molecular complexity index is 1700. The van der Waals surface area contributed by atoms with Crippen molar-refractivity contribution in [1.82, 2.24) is 5.32 Å². The van der Waals surface area contributed by atoms with Crippen LogP contribution < -0.4 is 5.32 Å². The highest BCUT2D eigenvalue weighted by Crippen LogP contribution is 2.33. The molecule has 17 atom stereocenters. The second-order valence-electron chi connectivity index (χ2n) is 23.2. The van der Waals surface area contributed by atoms with Crippen molar-refractivity contribution in [2.24, 2.45) is 0 Å². The van der Waals surface area contributed by atoms with Crippen LogP contribution in [0, 0.1) is 0 Å². The average Bonchev–Trinajstić information content (AvgIpc) is 3.15. The molecule has 484 valence electrons. The molecule has 12 N–H and O–H groups in total. The molecule has 3 heterocycles. The number of unbranched alkanes of at least 4 members (excludes halogenated alkanes) is 26. The van der Waals surface area contributed by atoms with Gasteiger partial charge in [0.15, 0.2) is 18.9 Å². The average molecular weight is 1190 g/mol. The summed E-state index contributed by atoms with van der Waals surface area (Å²) >= 11 is 0. The van der Waals surface area contributed by atoms with E-state index < -0.39 is 124 Å². The molecule has 3 fully saturated rings. The standard InChI is InChI=1S/C64H115NO18/c1-3-5-7-9-11-13-15-17-19-20-21-22-23-24-25-26-28-29-31-33-35-37-39-41-48(69)47(65-52(70)42-40-38-36-34-32-30-27-18-16-14-12-10-8-6-4-2)46-78-62-58(76)55(73)60(50(44-67)80-62)83-64-59(77)56(74)61(51(45-68)81-64)82-63-57(75)54(72)53(71)49(43-66)79-63/h6,8,12,14,18,27,39,41,47-51,53-64,66-69,71-77H,3-5,7,9-11,13,15-17,19-26,28-38,40,42-46H2,1-2H3,(H,65,70)/b8-6-,14-12-,27-18-,41-39+. The van der Waals surface area contributed by atoms with E-state index in [2.05, 4.69) is 55.6 Å². The zero-order chi connectivity index (χ0) is 60.5. The number of nitrogens with one attached hydrogen (secondary N) is 1.